The highest BCUT2D eigenvalue weighted by atomic mass is 35.5. The average molecular weight is 509 g/mol. The van der Waals surface area contributed by atoms with Crippen LogP contribution in [0.1, 0.15) is 29.3 Å². The molecule has 0 spiro atoms. The number of hydrogen-bond donors (Lipinski definition) is 1. The lowest BCUT2D eigenvalue weighted by molar-refractivity contribution is 0.167. The molecule has 2 amide bonds. The van der Waals surface area contributed by atoms with Gasteiger partial charge in [-0.1, -0.05) is 11.6 Å². The predicted octanol–water partition coefficient (Wildman–Crippen LogP) is 5.43. The first-order chi connectivity index (χ1) is 17.4. The highest BCUT2D eigenvalue weighted by Gasteiger charge is 2.33. The van der Waals surface area contributed by atoms with E-state index in [4.69, 9.17) is 16.3 Å². The Bertz CT molecular complexity index is 1520. The molecule has 36 heavy (non-hydrogen) atoms. The Kier molecular flexibility index (Phi) is 5.33. The molecule has 1 atom stereocenters. The minimum Gasteiger partial charge on any atom is -0.484 e. The number of rotatable bonds is 3. The smallest absolute Gasteiger partial charge is 0.326 e. The SMILES string of the molecule is Cn1cc(-c2ncc(F)c3c2NC(=O)N(c2cc4c(cc2Cl)CCC(c2ncccc2F)O4)C3)cn1. The van der Waals surface area contributed by atoms with Crippen LogP contribution >= 0.6 is 11.6 Å². The van der Waals surface area contributed by atoms with Crippen LogP contribution in [0.25, 0.3) is 11.3 Å². The molecule has 2 aliphatic rings. The van der Waals surface area contributed by atoms with Crippen molar-refractivity contribution in [1.29, 1.82) is 0 Å². The zero-order valence-corrected chi connectivity index (χ0v) is 19.8. The number of nitrogens with one attached hydrogen (secondary N) is 1. The summed E-state index contributed by atoms with van der Waals surface area (Å²) in [6.07, 6.45) is 6.52. The monoisotopic (exact) mass is 508 g/mol. The van der Waals surface area contributed by atoms with Crippen molar-refractivity contribution in [2.45, 2.75) is 25.5 Å². The number of ether oxygens (including phenoxy) is 1. The normalized spacial score (nSPS) is 16.7. The third-order valence-corrected chi connectivity index (χ3v) is 6.67. The molecule has 4 aromatic rings. The molecule has 1 aromatic carbocycles. The van der Waals surface area contributed by atoms with E-state index in [0.717, 1.165) is 11.8 Å². The van der Waals surface area contributed by atoms with Crippen molar-refractivity contribution in [2.75, 3.05) is 10.2 Å². The summed E-state index contributed by atoms with van der Waals surface area (Å²) in [6.45, 7) is -0.0699. The molecular weight excluding hydrogens is 490 g/mol. The summed E-state index contributed by atoms with van der Waals surface area (Å²) < 4.78 is 36.9. The van der Waals surface area contributed by atoms with Crippen LogP contribution in [-0.2, 0) is 20.0 Å². The van der Waals surface area contributed by atoms with Crippen molar-refractivity contribution in [3.05, 3.63) is 82.5 Å². The van der Waals surface area contributed by atoms with Crippen molar-refractivity contribution in [3.8, 4) is 17.0 Å². The van der Waals surface area contributed by atoms with Gasteiger partial charge in [-0.05, 0) is 36.6 Å². The van der Waals surface area contributed by atoms with Crippen molar-refractivity contribution < 1.29 is 18.3 Å². The maximum Gasteiger partial charge on any atom is 0.326 e. The van der Waals surface area contributed by atoms with E-state index >= 15 is 0 Å². The first kappa shape index (κ1) is 22.4. The maximum atomic E-state index is 14.9. The van der Waals surface area contributed by atoms with E-state index in [0.29, 0.717) is 46.2 Å². The fraction of sp³-hybridized carbons (Fsp3) is 0.200. The molecule has 3 aromatic heterocycles. The second kappa shape index (κ2) is 8.56. The molecule has 11 heteroatoms. The van der Waals surface area contributed by atoms with Crippen LogP contribution in [0.4, 0.5) is 25.0 Å². The number of benzene rings is 1. The van der Waals surface area contributed by atoms with E-state index in [1.807, 2.05) is 0 Å². The number of aromatic nitrogens is 4. The van der Waals surface area contributed by atoms with Crippen LogP contribution < -0.4 is 15.0 Å². The van der Waals surface area contributed by atoms with Gasteiger partial charge in [0, 0.05) is 36.6 Å². The van der Waals surface area contributed by atoms with E-state index < -0.39 is 23.8 Å². The van der Waals surface area contributed by atoms with Gasteiger partial charge in [-0.3, -0.25) is 19.5 Å². The molecule has 0 radical (unpaired) electrons. The fourth-order valence-electron chi connectivity index (χ4n) is 4.60. The number of amides is 2. The van der Waals surface area contributed by atoms with E-state index in [9.17, 15) is 13.6 Å². The predicted molar refractivity (Wildman–Crippen MR) is 129 cm³/mol. The molecule has 2 aliphatic heterocycles. The lowest BCUT2D eigenvalue weighted by Crippen LogP contribution is -2.40. The number of nitrogens with zero attached hydrogens (tertiary/aromatic N) is 5. The van der Waals surface area contributed by atoms with E-state index in [-0.39, 0.29) is 17.8 Å². The third kappa shape index (κ3) is 3.74. The number of aryl methyl sites for hydroxylation is 2. The maximum absolute atomic E-state index is 14.9. The second-order valence-electron chi connectivity index (χ2n) is 8.65. The van der Waals surface area contributed by atoms with E-state index in [2.05, 4.69) is 20.4 Å². The molecule has 5 heterocycles. The number of halogens is 3. The van der Waals surface area contributed by atoms with Crippen molar-refractivity contribution in [2.24, 2.45) is 7.05 Å². The van der Waals surface area contributed by atoms with Crippen LogP contribution in [0, 0.1) is 11.6 Å². The van der Waals surface area contributed by atoms with Crippen LogP contribution in [0.3, 0.4) is 0 Å². The van der Waals surface area contributed by atoms with Crippen LogP contribution in [-0.4, -0.2) is 25.8 Å². The van der Waals surface area contributed by atoms with Gasteiger partial charge in [0.15, 0.2) is 0 Å². The summed E-state index contributed by atoms with van der Waals surface area (Å²) in [4.78, 5) is 22.9. The van der Waals surface area contributed by atoms with Crippen molar-refractivity contribution >= 4 is 29.0 Å². The van der Waals surface area contributed by atoms with Gasteiger partial charge >= 0.3 is 6.03 Å². The minimum atomic E-state index is -0.575. The van der Waals surface area contributed by atoms with Crippen molar-refractivity contribution in [3.63, 3.8) is 0 Å². The van der Waals surface area contributed by atoms with Gasteiger partial charge in [0.05, 0.1) is 41.0 Å². The second-order valence-corrected chi connectivity index (χ2v) is 9.06. The number of anilines is 2. The molecule has 1 unspecified atom stereocenters. The molecule has 1 N–H and O–H groups in total. The topological polar surface area (TPSA) is 85.2 Å². The summed E-state index contributed by atoms with van der Waals surface area (Å²) >= 11 is 6.57. The average Bonchev–Trinajstić information content (AvgIpc) is 3.30. The van der Waals surface area contributed by atoms with Crippen LogP contribution in [0.15, 0.2) is 49.1 Å². The Balaban J connectivity index is 1.36. The summed E-state index contributed by atoms with van der Waals surface area (Å²) in [6, 6.07) is 5.73. The van der Waals surface area contributed by atoms with E-state index in [1.54, 1.807) is 36.3 Å². The molecule has 0 aliphatic carbocycles. The van der Waals surface area contributed by atoms with Gasteiger partial charge in [-0.15, -0.1) is 0 Å². The van der Waals surface area contributed by atoms with Gasteiger partial charge in [-0.25, -0.2) is 13.6 Å². The Morgan fingerprint density at radius 2 is 2.06 bits per heavy atom. The number of hydrogen-bond acceptors (Lipinski definition) is 5. The van der Waals surface area contributed by atoms with Gasteiger partial charge in [0.2, 0.25) is 0 Å². The highest BCUT2D eigenvalue weighted by Crippen LogP contribution is 2.43. The highest BCUT2D eigenvalue weighted by molar-refractivity contribution is 6.34. The number of carbonyl (C=O) groups excluding carboxylic acids is 1. The van der Waals surface area contributed by atoms with Crippen LogP contribution in [0.2, 0.25) is 5.02 Å². The molecule has 0 fully saturated rings. The van der Waals surface area contributed by atoms with Gasteiger partial charge in [0.25, 0.3) is 0 Å². The summed E-state index contributed by atoms with van der Waals surface area (Å²) in [7, 11) is 1.76. The molecular formula is C25H19ClF2N6O2. The molecule has 0 bridgehead atoms. The van der Waals surface area contributed by atoms with Crippen molar-refractivity contribution in [1.82, 2.24) is 19.7 Å². The summed E-state index contributed by atoms with van der Waals surface area (Å²) in [5, 5.41) is 7.22. The van der Waals surface area contributed by atoms with E-state index in [1.165, 1.54) is 23.2 Å². The third-order valence-electron chi connectivity index (χ3n) is 6.36. The van der Waals surface area contributed by atoms with Gasteiger partial charge < -0.3 is 10.1 Å². The summed E-state index contributed by atoms with van der Waals surface area (Å²) in [5.74, 6) is -0.528. The Morgan fingerprint density at radius 1 is 1.19 bits per heavy atom. The zero-order valence-electron chi connectivity index (χ0n) is 19.0. The Morgan fingerprint density at radius 3 is 2.83 bits per heavy atom. The Hall–Kier alpha value is -4.05. The fourth-order valence-corrected chi connectivity index (χ4v) is 4.89. The molecule has 8 nitrogen and oxygen atoms in total. The number of fused-ring (bicyclic) bond motifs is 2. The lowest BCUT2D eigenvalue weighted by atomic mass is 9.99. The number of urea groups is 1. The Labute approximate surface area is 209 Å². The van der Waals surface area contributed by atoms with Crippen LogP contribution in [0.5, 0.6) is 5.75 Å². The quantitative estimate of drug-likeness (QED) is 0.399. The summed E-state index contributed by atoms with van der Waals surface area (Å²) in [5.41, 5.74) is 3.04. The van der Waals surface area contributed by atoms with Gasteiger partial charge in [0.1, 0.15) is 29.2 Å². The molecule has 182 valence electrons. The molecule has 0 saturated carbocycles. The lowest BCUT2D eigenvalue weighted by Gasteiger charge is -2.32. The standard InChI is InChI=1S/C25H19ClF2N6O2/c1-33-11-14(9-31-33)22-23-15(18(28)10-30-22)12-34(25(35)32-23)19-8-21-13(7-16(19)26)4-5-20(36-21)24-17(27)3-2-6-29-24/h2-3,6-11,20H,4-5,12H2,1H3,(H,32,35). The molecule has 6 rings (SSSR count). The minimum absolute atomic E-state index is 0.0699. The van der Waals surface area contributed by atoms with Gasteiger partial charge in [-0.2, -0.15) is 5.10 Å². The first-order valence-electron chi connectivity index (χ1n) is 11.2. The number of pyridine rings is 2. The largest absolute Gasteiger partial charge is 0.484 e. The number of carbonyl (C=O) groups is 1. The first-order valence-corrected chi connectivity index (χ1v) is 11.6. The molecule has 0 saturated heterocycles. The zero-order chi connectivity index (χ0) is 25.0.